The summed E-state index contributed by atoms with van der Waals surface area (Å²) in [6.07, 6.45) is 17.6. The predicted molar refractivity (Wildman–Crippen MR) is 267 cm³/mol. The van der Waals surface area contributed by atoms with Crippen LogP contribution in [0.5, 0.6) is 0 Å². The zero-order chi connectivity index (χ0) is 45.1. The smallest absolute Gasteiger partial charge is 0.346 e. The third-order valence-electron chi connectivity index (χ3n) is 11.4. The molecule has 0 aliphatic heterocycles. The Morgan fingerprint density at radius 2 is 0.846 bits per heavy atom. The Labute approximate surface area is 386 Å². The van der Waals surface area contributed by atoms with Crippen LogP contribution in [0, 0.1) is 22.7 Å². The van der Waals surface area contributed by atoms with Crippen LogP contribution >= 0.6 is 22.7 Å². The lowest BCUT2D eigenvalue weighted by atomic mass is 9.84. The summed E-state index contributed by atoms with van der Waals surface area (Å²) in [6, 6.07) is 53.7. The molecule has 1 saturated carbocycles. The Kier molecular flexibility index (Phi) is 13.9. The lowest BCUT2D eigenvalue weighted by Gasteiger charge is -2.27. The molecule has 0 saturated heterocycles. The number of carboxylic acids is 2. The second-order valence-electron chi connectivity index (χ2n) is 15.7. The molecule has 0 unspecified atom stereocenters. The largest absolute Gasteiger partial charge is 0.477 e. The number of thiophene rings is 2. The fraction of sp³-hybridized carbons (Fsp3) is 0.107. The molecule has 7 aromatic rings. The molecule has 318 valence electrons. The van der Waals surface area contributed by atoms with Crippen LogP contribution in [0.4, 0.5) is 17.1 Å². The molecule has 7 nitrogen and oxygen atoms in total. The number of aliphatic carboxylic acids is 2. The number of carboxylic acid groups (broad SMARTS) is 2. The minimum atomic E-state index is -1.23. The van der Waals surface area contributed by atoms with Crippen LogP contribution in [-0.4, -0.2) is 22.2 Å². The van der Waals surface area contributed by atoms with Crippen LogP contribution < -0.4 is 4.90 Å². The van der Waals surface area contributed by atoms with Crippen LogP contribution in [0.3, 0.4) is 0 Å². The zero-order valence-electron chi connectivity index (χ0n) is 35.3. The van der Waals surface area contributed by atoms with Gasteiger partial charge in [-0.2, -0.15) is 10.5 Å². The van der Waals surface area contributed by atoms with Crippen molar-refractivity contribution in [3.05, 3.63) is 194 Å². The Hall–Kier alpha value is -7.82. The van der Waals surface area contributed by atoms with Crippen molar-refractivity contribution in [1.82, 2.24) is 0 Å². The van der Waals surface area contributed by atoms with Crippen LogP contribution in [0.1, 0.15) is 75.6 Å². The third kappa shape index (κ3) is 11.0. The van der Waals surface area contributed by atoms with Gasteiger partial charge in [-0.1, -0.05) is 128 Å². The second-order valence-corrected chi connectivity index (χ2v) is 17.9. The Morgan fingerprint density at radius 1 is 0.492 bits per heavy atom. The van der Waals surface area contributed by atoms with Gasteiger partial charge in [0, 0.05) is 36.6 Å². The van der Waals surface area contributed by atoms with Crippen molar-refractivity contribution in [2.24, 2.45) is 0 Å². The zero-order valence-corrected chi connectivity index (χ0v) is 36.9. The van der Waals surface area contributed by atoms with Crippen molar-refractivity contribution in [3.63, 3.8) is 0 Å². The molecule has 9 heteroatoms. The Bertz CT molecular complexity index is 2830. The molecule has 1 aliphatic carbocycles. The van der Waals surface area contributed by atoms with Gasteiger partial charge in [0.2, 0.25) is 0 Å². The summed E-state index contributed by atoms with van der Waals surface area (Å²) in [5, 5.41) is 36.6. The minimum absolute atomic E-state index is 0.288. The molecule has 0 bridgehead atoms. The van der Waals surface area contributed by atoms with Gasteiger partial charge < -0.3 is 15.1 Å². The molecule has 0 atom stereocenters. The van der Waals surface area contributed by atoms with E-state index >= 15 is 0 Å². The average Bonchev–Trinajstić information content (AvgIpc) is 4.03. The molecule has 65 heavy (non-hydrogen) atoms. The van der Waals surface area contributed by atoms with E-state index in [2.05, 4.69) is 126 Å². The van der Waals surface area contributed by atoms with Gasteiger partial charge in [0.15, 0.2) is 0 Å². The highest BCUT2D eigenvalue weighted by Crippen LogP contribution is 2.38. The van der Waals surface area contributed by atoms with Gasteiger partial charge in [0.25, 0.3) is 0 Å². The molecular formula is C56H43N3O4S2. The van der Waals surface area contributed by atoms with Crippen molar-refractivity contribution in [1.29, 1.82) is 10.5 Å². The van der Waals surface area contributed by atoms with Gasteiger partial charge in [-0.05, 0) is 131 Å². The first-order valence-corrected chi connectivity index (χ1v) is 22.9. The summed E-state index contributed by atoms with van der Waals surface area (Å²) in [4.78, 5) is 28.2. The first-order chi connectivity index (χ1) is 31.7. The Balaban J connectivity index is 0.973. The highest BCUT2D eigenvalue weighted by atomic mass is 32.1. The van der Waals surface area contributed by atoms with Gasteiger partial charge in [-0.25, -0.2) is 9.59 Å². The normalized spacial score (nSPS) is 13.4. The van der Waals surface area contributed by atoms with Crippen molar-refractivity contribution < 1.29 is 19.8 Å². The van der Waals surface area contributed by atoms with Crippen molar-refractivity contribution in [2.45, 2.75) is 38.0 Å². The number of rotatable bonds is 14. The van der Waals surface area contributed by atoms with Gasteiger partial charge in [-0.3, -0.25) is 0 Å². The number of anilines is 3. The number of hydrogen-bond acceptors (Lipinski definition) is 7. The summed E-state index contributed by atoms with van der Waals surface area (Å²) in [6.45, 7) is 0. The van der Waals surface area contributed by atoms with Crippen LogP contribution in [0.25, 0.3) is 57.3 Å². The maximum Gasteiger partial charge on any atom is 0.346 e. The molecule has 1 aliphatic rings. The number of carbonyl (C=O) groups is 2. The van der Waals surface area contributed by atoms with Gasteiger partial charge in [0.1, 0.15) is 23.3 Å². The molecule has 2 N–H and O–H groups in total. The molecule has 8 rings (SSSR count). The summed E-state index contributed by atoms with van der Waals surface area (Å²) in [7, 11) is 0. The number of nitriles is 2. The molecular weight excluding hydrogens is 843 g/mol. The van der Waals surface area contributed by atoms with Gasteiger partial charge in [-0.15, -0.1) is 22.7 Å². The van der Waals surface area contributed by atoms with E-state index in [0.29, 0.717) is 15.7 Å². The van der Waals surface area contributed by atoms with E-state index in [0.717, 1.165) is 60.2 Å². The quantitative estimate of drug-likeness (QED) is 0.0633. The fourth-order valence-corrected chi connectivity index (χ4v) is 9.80. The van der Waals surface area contributed by atoms with E-state index in [4.69, 9.17) is 10.5 Å². The molecule has 0 spiro atoms. The number of nitrogens with zero attached hydrogens (tertiary/aromatic N) is 3. The second kappa shape index (κ2) is 20.6. The predicted octanol–water partition coefficient (Wildman–Crippen LogP) is 15.0. The molecule has 2 aromatic heterocycles. The minimum Gasteiger partial charge on any atom is -0.477 e. The monoisotopic (exact) mass is 885 g/mol. The highest BCUT2D eigenvalue weighted by molar-refractivity contribution is 7.16. The summed E-state index contributed by atoms with van der Waals surface area (Å²) in [5.74, 6) is -1.84. The average molecular weight is 886 g/mol. The van der Waals surface area contributed by atoms with E-state index < -0.39 is 11.9 Å². The van der Waals surface area contributed by atoms with E-state index in [1.165, 1.54) is 72.5 Å². The van der Waals surface area contributed by atoms with E-state index in [-0.39, 0.29) is 11.1 Å². The molecule has 2 heterocycles. The summed E-state index contributed by atoms with van der Waals surface area (Å²) < 4.78 is 0. The Morgan fingerprint density at radius 3 is 1.20 bits per heavy atom. The maximum absolute atomic E-state index is 11.2. The van der Waals surface area contributed by atoms with Crippen molar-refractivity contribution >= 4 is 88.1 Å². The fourth-order valence-electron chi connectivity index (χ4n) is 7.89. The van der Waals surface area contributed by atoms with Crippen molar-refractivity contribution in [3.8, 4) is 33.0 Å². The van der Waals surface area contributed by atoms with Crippen LogP contribution in [0.15, 0.2) is 157 Å². The van der Waals surface area contributed by atoms with Gasteiger partial charge >= 0.3 is 11.9 Å². The number of benzene rings is 5. The molecule has 0 radical (unpaired) electrons. The molecule has 1 fully saturated rings. The SMILES string of the molecule is N#C/C(=C/c1ccc(-c2ccc(/C=C/c3ccc(N(c4ccc(/C=C/c5ccc(-c6ccc(/C=C(\C#N)C(=O)O)s6)cc5)cc4)c4ccc(C5CCCCC5)cc4)cc3)cc2)s1)C(=O)O. The lowest BCUT2D eigenvalue weighted by Crippen LogP contribution is -2.10. The van der Waals surface area contributed by atoms with Crippen LogP contribution in [-0.2, 0) is 9.59 Å². The van der Waals surface area contributed by atoms with E-state index in [1.807, 2.05) is 48.5 Å². The first kappa shape index (κ1) is 43.8. The first-order valence-electron chi connectivity index (χ1n) is 21.3. The summed E-state index contributed by atoms with van der Waals surface area (Å²) in [5.41, 5.74) is 10.3. The molecule has 5 aromatic carbocycles. The lowest BCUT2D eigenvalue weighted by molar-refractivity contribution is -0.133. The standard InChI is InChI=1S/C56H43N3O4S2/c57-36-46(55(60)61)34-51-30-32-53(64-51)44-18-10-38(11-19-44)6-8-40-14-24-48(25-15-40)59(50-28-22-43(23-29-50)42-4-2-1-3-5-42)49-26-16-41(17-27-49)9-7-39-12-20-45(21-13-39)54-33-31-52(65-54)35-47(37-58)56(62)63/h6-35,42H,1-5H2,(H,60,61)(H,62,63)/b8-6+,9-7+,46-34-,47-35+. The topological polar surface area (TPSA) is 125 Å². The van der Waals surface area contributed by atoms with Gasteiger partial charge in [0.05, 0.1) is 0 Å². The maximum atomic E-state index is 11.2. The highest BCUT2D eigenvalue weighted by Gasteiger charge is 2.18. The molecule has 0 amide bonds. The van der Waals surface area contributed by atoms with Crippen LogP contribution in [0.2, 0.25) is 0 Å². The van der Waals surface area contributed by atoms with E-state index in [1.54, 1.807) is 12.1 Å². The number of hydrogen-bond donors (Lipinski definition) is 2. The van der Waals surface area contributed by atoms with E-state index in [9.17, 15) is 19.8 Å². The summed E-state index contributed by atoms with van der Waals surface area (Å²) >= 11 is 2.88. The third-order valence-corrected chi connectivity index (χ3v) is 13.5. The van der Waals surface area contributed by atoms with Crippen molar-refractivity contribution in [2.75, 3.05) is 4.90 Å².